The molecule has 0 unspecified atom stereocenters. The van der Waals surface area contributed by atoms with E-state index in [9.17, 15) is 9.59 Å². The van der Waals surface area contributed by atoms with Gasteiger partial charge in [-0.3, -0.25) is 9.59 Å². The van der Waals surface area contributed by atoms with Crippen LogP contribution in [0.5, 0.6) is 0 Å². The largest absolute Gasteiger partial charge is 0.465 e. The number of amides is 1. The molecule has 0 heterocycles. The van der Waals surface area contributed by atoms with E-state index in [1.165, 1.54) is 64.2 Å². The third kappa shape index (κ3) is 19.0. The Kier molecular flexibility index (Phi) is 19.0. The molecule has 0 bridgehead atoms. The number of carbonyl (C=O) groups excluding carboxylic acids is 2. The average molecular weight is 368 g/mol. The molecule has 0 saturated heterocycles. The maximum atomic E-state index is 11.6. The van der Waals surface area contributed by atoms with Gasteiger partial charge in [0.15, 0.2) is 0 Å². The summed E-state index contributed by atoms with van der Waals surface area (Å²) in [6.07, 6.45) is 21.4. The highest BCUT2D eigenvalue weighted by atomic mass is 16.5. The van der Waals surface area contributed by atoms with Crippen LogP contribution in [-0.4, -0.2) is 25.0 Å². The molecule has 4 nitrogen and oxygen atoms in total. The van der Waals surface area contributed by atoms with Gasteiger partial charge in [-0.05, 0) is 32.6 Å². The number of nitrogens with one attached hydrogen (secondary N) is 1. The maximum Gasteiger partial charge on any atom is 0.325 e. The second kappa shape index (κ2) is 20.0. The minimum absolute atomic E-state index is 0.0118. The summed E-state index contributed by atoms with van der Waals surface area (Å²) in [6.45, 7) is 4.28. The van der Waals surface area contributed by atoms with Gasteiger partial charge in [0.25, 0.3) is 0 Å². The number of allylic oxidation sites excluding steroid dienone is 2. The fourth-order valence-corrected chi connectivity index (χ4v) is 2.89. The van der Waals surface area contributed by atoms with Gasteiger partial charge in [0.1, 0.15) is 6.54 Å². The Morgan fingerprint density at radius 3 is 1.85 bits per heavy atom. The summed E-state index contributed by atoms with van der Waals surface area (Å²) in [4.78, 5) is 22.7. The molecular formula is C22H41NO3. The Balaban J connectivity index is 3.20. The normalized spacial score (nSPS) is 11.0. The van der Waals surface area contributed by atoms with Crippen molar-refractivity contribution in [3.8, 4) is 0 Å². The van der Waals surface area contributed by atoms with Crippen molar-refractivity contribution in [2.45, 2.75) is 104 Å². The number of hydrogen-bond donors (Lipinski definition) is 1. The van der Waals surface area contributed by atoms with E-state index >= 15 is 0 Å². The Hall–Kier alpha value is -1.32. The smallest absolute Gasteiger partial charge is 0.325 e. The summed E-state index contributed by atoms with van der Waals surface area (Å²) >= 11 is 0. The van der Waals surface area contributed by atoms with E-state index in [0.717, 1.165) is 19.3 Å². The van der Waals surface area contributed by atoms with Crippen LogP contribution in [0.25, 0.3) is 0 Å². The monoisotopic (exact) mass is 367 g/mol. The quantitative estimate of drug-likeness (QED) is 0.192. The molecule has 0 aliphatic heterocycles. The molecule has 0 aromatic rings. The van der Waals surface area contributed by atoms with Crippen LogP contribution in [0.4, 0.5) is 0 Å². The predicted octanol–water partition coefficient (Wildman–Crippen LogP) is 5.70. The van der Waals surface area contributed by atoms with Crippen molar-refractivity contribution in [3.63, 3.8) is 0 Å². The lowest BCUT2D eigenvalue weighted by atomic mass is 10.0. The fraction of sp³-hybridized carbons (Fsp3) is 0.818. The molecule has 0 aromatic carbocycles. The van der Waals surface area contributed by atoms with E-state index in [2.05, 4.69) is 24.4 Å². The first kappa shape index (κ1) is 24.7. The summed E-state index contributed by atoms with van der Waals surface area (Å²) < 4.78 is 4.77. The number of carbonyl (C=O) groups is 2. The summed E-state index contributed by atoms with van der Waals surface area (Å²) in [7, 11) is 0. The highest BCUT2D eigenvalue weighted by Crippen LogP contribution is 2.12. The Bertz CT molecular complexity index is 366. The van der Waals surface area contributed by atoms with Crippen LogP contribution in [0, 0.1) is 0 Å². The van der Waals surface area contributed by atoms with E-state index in [1.807, 2.05) is 0 Å². The lowest BCUT2D eigenvalue weighted by molar-refractivity contribution is -0.143. The van der Waals surface area contributed by atoms with Crippen LogP contribution in [0.3, 0.4) is 0 Å². The molecule has 1 amide bonds. The highest BCUT2D eigenvalue weighted by Gasteiger charge is 2.05. The molecule has 0 aromatic heterocycles. The zero-order valence-electron chi connectivity index (χ0n) is 17.2. The SMILES string of the molecule is CC/C=C\CCCCCCCCCCCCCC(=O)NCC(=O)OCC. The molecule has 0 atom stereocenters. The van der Waals surface area contributed by atoms with Crippen molar-refractivity contribution in [2.75, 3.05) is 13.2 Å². The van der Waals surface area contributed by atoms with E-state index in [0.29, 0.717) is 13.0 Å². The topological polar surface area (TPSA) is 55.4 Å². The van der Waals surface area contributed by atoms with Gasteiger partial charge >= 0.3 is 5.97 Å². The van der Waals surface area contributed by atoms with Gasteiger partial charge in [0.2, 0.25) is 5.91 Å². The molecule has 26 heavy (non-hydrogen) atoms. The number of unbranched alkanes of at least 4 members (excludes halogenated alkanes) is 11. The molecule has 0 saturated carbocycles. The van der Waals surface area contributed by atoms with E-state index in [4.69, 9.17) is 4.74 Å². The fourth-order valence-electron chi connectivity index (χ4n) is 2.89. The van der Waals surface area contributed by atoms with Crippen LogP contribution in [0.15, 0.2) is 12.2 Å². The van der Waals surface area contributed by atoms with Crippen LogP contribution < -0.4 is 5.32 Å². The van der Waals surface area contributed by atoms with Crippen molar-refractivity contribution in [1.82, 2.24) is 5.32 Å². The predicted molar refractivity (Wildman–Crippen MR) is 109 cm³/mol. The van der Waals surface area contributed by atoms with Crippen molar-refractivity contribution in [3.05, 3.63) is 12.2 Å². The van der Waals surface area contributed by atoms with Crippen LogP contribution in [0.2, 0.25) is 0 Å². The lowest BCUT2D eigenvalue weighted by Crippen LogP contribution is -2.30. The first-order valence-electron chi connectivity index (χ1n) is 10.8. The minimum atomic E-state index is -0.366. The number of esters is 1. The molecule has 0 fully saturated rings. The van der Waals surface area contributed by atoms with Crippen LogP contribution in [0.1, 0.15) is 104 Å². The van der Waals surface area contributed by atoms with Crippen molar-refractivity contribution >= 4 is 11.9 Å². The third-order valence-electron chi connectivity index (χ3n) is 4.41. The molecule has 4 heteroatoms. The van der Waals surface area contributed by atoms with Gasteiger partial charge in [-0.25, -0.2) is 0 Å². The maximum absolute atomic E-state index is 11.6. The molecular weight excluding hydrogens is 326 g/mol. The van der Waals surface area contributed by atoms with Crippen LogP contribution >= 0.6 is 0 Å². The molecule has 0 rings (SSSR count). The minimum Gasteiger partial charge on any atom is -0.465 e. The molecule has 0 aliphatic carbocycles. The summed E-state index contributed by atoms with van der Waals surface area (Å²) in [6, 6.07) is 0. The lowest BCUT2D eigenvalue weighted by Gasteiger charge is -2.05. The van der Waals surface area contributed by atoms with Crippen LogP contribution in [-0.2, 0) is 14.3 Å². The Labute approximate surface area is 161 Å². The molecule has 0 radical (unpaired) electrons. The number of hydrogen-bond acceptors (Lipinski definition) is 3. The van der Waals surface area contributed by atoms with Gasteiger partial charge in [-0.2, -0.15) is 0 Å². The molecule has 152 valence electrons. The Morgan fingerprint density at radius 2 is 1.31 bits per heavy atom. The van der Waals surface area contributed by atoms with Gasteiger partial charge in [0, 0.05) is 6.42 Å². The average Bonchev–Trinajstić information content (AvgIpc) is 2.63. The van der Waals surface area contributed by atoms with Gasteiger partial charge < -0.3 is 10.1 Å². The second-order valence-corrected chi connectivity index (χ2v) is 6.89. The first-order valence-corrected chi connectivity index (χ1v) is 10.8. The van der Waals surface area contributed by atoms with Crippen molar-refractivity contribution in [1.29, 1.82) is 0 Å². The van der Waals surface area contributed by atoms with Gasteiger partial charge in [-0.15, -0.1) is 0 Å². The van der Waals surface area contributed by atoms with E-state index in [-0.39, 0.29) is 18.4 Å². The number of rotatable bonds is 18. The first-order chi connectivity index (χ1) is 12.7. The van der Waals surface area contributed by atoms with E-state index < -0.39 is 0 Å². The molecule has 0 spiro atoms. The van der Waals surface area contributed by atoms with E-state index in [1.54, 1.807) is 6.92 Å². The van der Waals surface area contributed by atoms with Gasteiger partial charge in [0.05, 0.1) is 6.61 Å². The number of ether oxygens (including phenoxy) is 1. The Morgan fingerprint density at radius 1 is 0.769 bits per heavy atom. The third-order valence-corrected chi connectivity index (χ3v) is 4.41. The highest BCUT2D eigenvalue weighted by molar-refractivity contribution is 5.81. The molecule has 1 N–H and O–H groups in total. The standard InChI is InChI=1S/C22H41NO3/c1-3-5-6-7-8-9-10-11-12-13-14-15-16-17-18-19-21(24)23-20-22(25)26-4-2/h5-6H,3-4,7-20H2,1-2H3,(H,23,24)/b6-5-. The zero-order chi connectivity index (χ0) is 19.3. The van der Waals surface area contributed by atoms with Crippen molar-refractivity contribution in [2.24, 2.45) is 0 Å². The summed E-state index contributed by atoms with van der Waals surface area (Å²) in [5.41, 5.74) is 0. The second-order valence-electron chi connectivity index (χ2n) is 6.89. The van der Waals surface area contributed by atoms with Gasteiger partial charge in [-0.1, -0.05) is 76.9 Å². The zero-order valence-corrected chi connectivity index (χ0v) is 17.2. The summed E-state index contributed by atoms with van der Waals surface area (Å²) in [5.74, 6) is -0.419. The van der Waals surface area contributed by atoms with Crippen molar-refractivity contribution < 1.29 is 14.3 Å². The summed E-state index contributed by atoms with van der Waals surface area (Å²) in [5, 5.41) is 2.60. The molecule has 0 aliphatic rings.